The van der Waals surface area contributed by atoms with Gasteiger partial charge in [-0.3, -0.25) is 4.79 Å². The Bertz CT molecular complexity index is 716. The molecule has 3 nitrogen and oxygen atoms in total. The Balaban J connectivity index is 2.32. The van der Waals surface area contributed by atoms with Gasteiger partial charge in [-0.2, -0.15) is 0 Å². The van der Waals surface area contributed by atoms with Crippen molar-refractivity contribution >= 4 is 11.6 Å². The molecule has 0 unspecified atom stereocenters. The Labute approximate surface area is 132 Å². The zero-order valence-corrected chi connectivity index (χ0v) is 12.9. The highest BCUT2D eigenvalue weighted by atomic mass is 19.4. The van der Waals surface area contributed by atoms with Crippen molar-refractivity contribution < 1.29 is 22.7 Å². The van der Waals surface area contributed by atoms with Gasteiger partial charge in [0.15, 0.2) is 5.75 Å². The van der Waals surface area contributed by atoms with Crippen molar-refractivity contribution in [2.45, 2.75) is 27.1 Å². The smallest absolute Gasteiger partial charge is 0.404 e. The molecule has 0 saturated carbocycles. The number of amides is 1. The van der Waals surface area contributed by atoms with Crippen LogP contribution in [-0.4, -0.2) is 12.3 Å². The third kappa shape index (κ3) is 4.25. The molecule has 0 heterocycles. The van der Waals surface area contributed by atoms with E-state index in [0.29, 0.717) is 5.56 Å². The van der Waals surface area contributed by atoms with Crippen molar-refractivity contribution in [2.75, 3.05) is 5.32 Å². The van der Waals surface area contributed by atoms with Crippen LogP contribution < -0.4 is 10.1 Å². The summed E-state index contributed by atoms with van der Waals surface area (Å²) < 4.78 is 41.2. The van der Waals surface area contributed by atoms with Gasteiger partial charge >= 0.3 is 6.36 Å². The zero-order valence-electron chi connectivity index (χ0n) is 12.9. The number of halogens is 3. The summed E-state index contributed by atoms with van der Waals surface area (Å²) in [5.41, 5.74) is 2.94. The molecule has 122 valence electrons. The lowest BCUT2D eigenvalue weighted by Crippen LogP contribution is -2.20. The maximum atomic E-state index is 12.4. The fourth-order valence-electron chi connectivity index (χ4n) is 2.51. The molecule has 23 heavy (non-hydrogen) atoms. The number of carbonyl (C=O) groups excluding carboxylic acids is 1. The van der Waals surface area contributed by atoms with E-state index >= 15 is 0 Å². The van der Waals surface area contributed by atoms with Crippen LogP contribution in [0.1, 0.15) is 27.0 Å². The van der Waals surface area contributed by atoms with Gasteiger partial charge in [0.05, 0.1) is 5.69 Å². The Morgan fingerprint density at radius 2 is 1.61 bits per heavy atom. The minimum Gasteiger partial charge on any atom is -0.404 e. The number of alkyl halides is 3. The van der Waals surface area contributed by atoms with E-state index in [1.54, 1.807) is 13.8 Å². The first-order chi connectivity index (χ1) is 10.7. The lowest BCUT2D eigenvalue weighted by molar-refractivity contribution is -0.274. The van der Waals surface area contributed by atoms with Crippen LogP contribution in [0.3, 0.4) is 0 Å². The lowest BCUT2D eigenvalue weighted by Gasteiger charge is -2.15. The quantitative estimate of drug-likeness (QED) is 0.884. The minimum absolute atomic E-state index is 0.0331. The number of anilines is 1. The van der Waals surface area contributed by atoms with Crippen LogP contribution in [0.2, 0.25) is 0 Å². The van der Waals surface area contributed by atoms with Gasteiger partial charge < -0.3 is 10.1 Å². The molecule has 0 fully saturated rings. The van der Waals surface area contributed by atoms with Crippen molar-refractivity contribution in [3.63, 3.8) is 0 Å². The fraction of sp³-hybridized carbons (Fsp3) is 0.235. The molecule has 0 aromatic heterocycles. The van der Waals surface area contributed by atoms with Crippen LogP contribution in [0.5, 0.6) is 5.75 Å². The second-order valence-corrected chi connectivity index (χ2v) is 5.27. The Hall–Kier alpha value is -2.50. The van der Waals surface area contributed by atoms with Crippen LogP contribution >= 0.6 is 0 Å². The first-order valence-electron chi connectivity index (χ1n) is 6.91. The third-order valence-corrected chi connectivity index (χ3v) is 3.27. The molecule has 0 spiro atoms. The van der Waals surface area contributed by atoms with E-state index in [4.69, 9.17) is 0 Å². The van der Waals surface area contributed by atoms with Crippen LogP contribution in [0, 0.1) is 20.8 Å². The van der Waals surface area contributed by atoms with Crippen LogP contribution in [0.25, 0.3) is 0 Å². The van der Waals surface area contributed by atoms with Gasteiger partial charge in [0.1, 0.15) is 0 Å². The summed E-state index contributed by atoms with van der Waals surface area (Å²) >= 11 is 0. The van der Waals surface area contributed by atoms with E-state index in [1.165, 1.54) is 18.2 Å². The molecule has 0 aliphatic carbocycles. The predicted octanol–water partition coefficient (Wildman–Crippen LogP) is 4.76. The van der Waals surface area contributed by atoms with Gasteiger partial charge in [0.2, 0.25) is 0 Å². The lowest BCUT2D eigenvalue weighted by atomic mass is 9.99. The number of para-hydroxylation sites is 2. The molecule has 2 rings (SSSR count). The van der Waals surface area contributed by atoms with Gasteiger partial charge in [-0.05, 0) is 44.0 Å². The molecule has 0 aliphatic heterocycles. The molecule has 0 radical (unpaired) electrons. The highest BCUT2D eigenvalue weighted by molar-refractivity contribution is 6.07. The highest BCUT2D eigenvalue weighted by Crippen LogP contribution is 2.30. The summed E-state index contributed by atoms with van der Waals surface area (Å²) in [6.45, 7) is 5.48. The van der Waals surface area contributed by atoms with Crippen molar-refractivity contribution in [1.29, 1.82) is 0 Å². The van der Waals surface area contributed by atoms with Gasteiger partial charge in [0.25, 0.3) is 5.91 Å². The van der Waals surface area contributed by atoms with Crippen LogP contribution in [-0.2, 0) is 0 Å². The summed E-state index contributed by atoms with van der Waals surface area (Å²) in [5, 5.41) is 2.49. The van der Waals surface area contributed by atoms with Crippen molar-refractivity contribution in [2.24, 2.45) is 0 Å². The van der Waals surface area contributed by atoms with E-state index in [1.807, 2.05) is 19.1 Å². The summed E-state index contributed by atoms with van der Waals surface area (Å²) in [4.78, 5) is 12.4. The van der Waals surface area contributed by atoms with E-state index < -0.39 is 18.0 Å². The van der Waals surface area contributed by atoms with E-state index in [2.05, 4.69) is 10.1 Å². The van der Waals surface area contributed by atoms with Crippen molar-refractivity contribution in [3.05, 3.63) is 58.7 Å². The summed E-state index contributed by atoms with van der Waals surface area (Å²) in [6, 6.07) is 9.13. The monoisotopic (exact) mass is 323 g/mol. The maximum Gasteiger partial charge on any atom is 0.573 e. The number of aryl methyl sites for hydroxylation is 3. The van der Waals surface area contributed by atoms with Gasteiger partial charge in [0, 0.05) is 5.56 Å². The number of benzene rings is 2. The standard InChI is InChI=1S/C17H16F3NO2/c1-10-8-11(2)15(12(3)9-10)16(22)21-13-6-4-5-7-14(13)23-17(18,19)20/h4-9H,1-3H3,(H,21,22). The molecule has 2 aromatic rings. The molecular weight excluding hydrogens is 307 g/mol. The third-order valence-electron chi connectivity index (χ3n) is 3.27. The van der Waals surface area contributed by atoms with Gasteiger partial charge in [-0.15, -0.1) is 13.2 Å². The largest absolute Gasteiger partial charge is 0.573 e. The number of hydrogen-bond donors (Lipinski definition) is 1. The average molecular weight is 323 g/mol. The van der Waals surface area contributed by atoms with E-state index in [0.717, 1.165) is 22.8 Å². The number of ether oxygens (including phenoxy) is 1. The molecule has 0 bridgehead atoms. The number of carbonyl (C=O) groups is 1. The van der Waals surface area contributed by atoms with Gasteiger partial charge in [-0.25, -0.2) is 0 Å². The second-order valence-electron chi connectivity index (χ2n) is 5.27. The van der Waals surface area contributed by atoms with Crippen LogP contribution in [0.15, 0.2) is 36.4 Å². The molecule has 2 aromatic carbocycles. The Kier molecular flexibility index (Phi) is 4.63. The molecule has 6 heteroatoms. The minimum atomic E-state index is -4.82. The maximum absolute atomic E-state index is 12.4. The highest BCUT2D eigenvalue weighted by Gasteiger charge is 2.32. The first-order valence-corrected chi connectivity index (χ1v) is 6.91. The number of nitrogens with one attached hydrogen (secondary N) is 1. The zero-order chi connectivity index (χ0) is 17.2. The topological polar surface area (TPSA) is 38.3 Å². The average Bonchev–Trinajstić information content (AvgIpc) is 2.38. The molecule has 0 atom stereocenters. The summed E-state index contributed by atoms with van der Waals surface area (Å²) in [7, 11) is 0. The number of hydrogen-bond acceptors (Lipinski definition) is 2. The predicted molar refractivity (Wildman–Crippen MR) is 81.7 cm³/mol. The normalized spacial score (nSPS) is 11.2. The fourth-order valence-corrected chi connectivity index (χ4v) is 2.51. The second kappa shape index (κ2) is 6.32. The van der Waals surface area contributed by atoms with Crippen LogP contribution in [0.4, 0.5) is 18.9 Å². The summed E-state index contributed by atoms with van der Waals surface area (Å²) in [5.74, 6) is -0.922. The Morgan fingerprint density at radius 3 is 2.17 bits per heavy atom. The van der Waals surface area contributed by atoms with Crippen molar-refractivity contribution in [3.8, 4) is 5.75 Å². The summed E-state index contributed by atoms with van der Waals surface area (Å²) in [6.07, 6.45) is -4.82. The van der Waals surface area contributed by atoms with Crippen molar-refractivity contribution in [1.82, 2.24) is 0 Å². The molecular formula is C17H16F3NO2. The molecule has 0 aliphatic rings. The molecule has 1 amide bonds. The molecule has 1 N–H and O–H groups in total. The number of rotatable bonds is 3. The SMILES string of the molecule is Cc1cc(C)c(C(=O)Nc2ccccc2OC(F)(F)F)c(C)c1. The Morgan fingerprint density at radius 1 is 1.04 bits per heavy atom. The molecule has 0 saturated heterocycles. The first kappa shape index (κ1) is 16.9. The van der Waals surface area contributed by atoms with Gasteiger partial charge in [-0.1, -0.05) is 29.8 Å². The van der Waals surface area contributed by atoms with E-state index in [9.17, 15) is 18.0 Å². The van der Waals surface area contributed by atoms with E-state index in [-0.39, 0.29) is 5.69 Å².